The number of nitrogens with one attached hydrogen (secondary N) is 3. The molecule has 3 amide bonds. The Bertz CT molecular complexity index is 1170. The maximum Gasteiger partial charge on any atom is 0.326 e. The van der Waals surface area contributed by atoms with Crippen LogP contribution in [0.1, 0.15) is 37.8 Å². The predicted molar refractivity (Wildman–Crippen MR) is 145 cm³/mol. The fraction of sp³-hybridized carbons (Fsp3) is 0.393. The second-order valence-electron chi connectivity index (χ2n) is 9.60. The van der Waals surface area contributed by atoms with Gasteiger partial charge in [-0.2, -0.15) is 0 Å². The van der Waals surface area contributed by atoms with Gasteiger partial charge in [-0.05, 0) is 35.6 Å². The number of aromatic hydroxyl groups is 1. The molecule has 5 atom stereocenters. The van der Waals surface area contributed by atoms with Gasteiger partial charge in [-0.15, -0.1) is 0 Å². The SMILES string of the molecule is CCC(C)C(NC(=O)C(N)Cc1ccccc1)C(=O)NC(CC(=O)O)C(=O)NC(Cc1ccc(O)cc1)C(=O)O. The zero-order chi connectivity index (χ0) is 29.8. The minimum Gasteiger partial charge on any atom is -0.508 e. The van der Waals surface area contributed by atoms with Gasteiger partial charge in [-0.3, -0.25) is 19.2 Å². The highest BCUT2D eigenvalue weighted by atomic mass is 16.4. The number of nitrogens with two attached hydrogens (primary N) is 1. The lowest BCUT2D eigenvalue weighted by atomic mass is 9.96. The van der Waals surface area contributed by atoms with Crippen LogP contribution < -0.4 is 21.7 Å². The molecule has 0 aliphatic carbocycles. The van der Waals surface area contributed by atoms with Crippen LogP contribution in [0, 0.1) is 5.92 Å². The third-order valence-corrected chi connectivity index (χ3v) is 6.43. The molecule has 2 rings (SSSR count). The van der Waals surface area contributed by atoms with E-state index in [0.29, 0.717) is 12.0 Å². The minimum absolute atomic E-state index is 0.0205. The minimum atomic E-state index is -1.62. The predicted octanol–water partition coefficient (Wildman–Crippen LogP) is 0.565. The van der Waals surface area contributed by atoms with Crippen molar-refractivity contribution in [1.82, 2.24) is 16.0 Å². The summed E-state index contributed by atoms with van der Waals surface area (Å²) in [4.78, 5) is 62.3. The summed E-state index contributed by atoms with van der Waals surface area (Å²) in [5.74, 6) is -5.61. The molecule has 0 saturated carbocycles. The molecule has 40 heavy (non-hydrogen) atoms. The van der Waals surface area contributed by atoms with Crippen molar-refractivity contribution in [1.29, 1.82) is 0 Å². The maximum absolute atomic E-state index is 13.2. The van der Waals surface area contributed by atoms with Crippen molar-refractivity contribution >= 4 is 29.7 Å². The molecule has 12 heteroatoms. The van der Waals surface area contributed by atoms with E-state index in [1.54, 1.807) is 13.8 Å². The molecular formula is C28H36N4O8. The van der Waals surface area contributed by atoms with Gasteiger partial charge in [-0.1, -0.05) is 62.7 Å². The fourth-order valence-corrected chi connectivity index (χ4v) is 3.91. The quantitative estimate of drug-likeness (QED) is 0.163. The third-order valence-electron chi connectivity index (χ3n) is 6.43. The maximum atomic E-state index is 13.2. The van der Waals surface area contributed by atoms with E-state index in [9.17, 15) is 39.3 Å². The van der Waals surface area contributed by atoms with Gasteiger partial charge in [-0.25, -0.2) is 4.79 Å². The van der Waals surface area contributed by atoms with Crippen molar-refractivity contribution in [3.8, 4) is 5.75 Å². The molecule has 0 heterocycles. The number of hydrogen-bond donors (Lipinski definition) is 7. The summed E-state index contributed by atoms with van der Waals surface area (Å²) in [6.07, 6.45) is -0.281. The summed E-state index contributed by atoms with van der Waals surface area (Å²) >= 11 is 0. The molecule has 0 bridgehead atoms. The van der Waals surface area contributed by atoms with Gasteiger partial charge < -0.3 is 37.0 Å². The van der Waals surface area contributed by atoms with E-state index in [4.69, 9.17) is 5.73 Å². The number of aliphatic carboxylic acids is 2. The summed E-state index contributed by atoms with van der Waals surface area (Å²) in [7, 11) is 0. The van der Waals surface area contributed by atoms with Crippen LogP contribution in [0.5, 0.6) is 5.75 Å². The Balaban J connectivity index is 2.15. The smallest absolute Gasteiger partial charge is 0.326 e. The first-order chi connectivity index (χ1) is 18.9. The lowest BCUT2D eigenvalue weighted by Crippen LogP contribution is -2.59. The van der Waals surface area contributed by atoms with Gasteiger partial charge in [0.1, 0.15) is 23.9 Å². The molecule has 12 nitrogen and oxygen atoms in total. The molecular weight excluding hydrogens is 520 g/mol. The van der Waals surface area contributed by atoms with E-state index in [1.165, 1.54) is 24.3 Å². The van der Waals surface area contributed by atoms with Gasteiger partial charge in [0.2, 0.25) is 17.7 Å². The molecule has 0 radical (unpaired) electrons. The Hall–Kier alpha value is -4.45. The first kappa shape index (κ1) is 31.8. The Morgan fingerprint density at radius 3 is 1.90 bits per heavy atom. The van der Waals surface area contributed by atoms with Gasteiger partial charge >= 0.3 is 11.9 Å². The van der Waals surface area contributed by atoms with E-state index in [-0.39, 0.29) is 18.6 Å². The van der Waals surface area contributed by atoms with Crippen LogP contribution in [-0.4, -0.2) is 69.1 Å². The van der Waals surface area contributed by atoms with Crippen molar-refractivity contribution in [2.75, 3.05) is 0 Å². The van der Waals surface area contributed by atoms with Crippen LogP contribution in [0.2, 0.25) is 0 Å². The van der Waals surface area contributed by atoms with Crippen LogP contribution in [0.15, 0.2) is 54.6 Å². The average molecular weight is 557 g/mol. The zero-order valence-corrected chi connectivity index (χ0v) is 22.4. The molecule has 0 aromatic heterocycles. The highest BCUT2D eigenvalue weighted by molar-refractivity contribution is 5.95. The molecule has 5 unspecified atom stereocenters. The third kappa shape index (κ3) is 10.0. The Morgan fingerprint density at radius 2 is 1.35 bits per heavy atom. The first-order valence-corrected chi connectivity index (χ1v) is 12.8. The average Bonchev–Trinajstić information content (AvgIpc) is 2.91. The van der Waals surface area contributed by atoms with E-state index >= 15 is 0 Å². The van der Waals surface area contributed by atoms with Crippen LogP contribution in [0.25, 0.3) is 0 Å². The molecule has 2 aromatic carbocycles. The number of rotatable bonds is 15. The van der Waals surface area contributed by atoms with E-state index < -0.39 is 66.2 Å². The molecule has 0 aliphatic heterocycles. The Morgan fingerprint density at radius 1 is 0.775 bits per heavy atom. The van der Waals surface area contributed by atoms with Crippen molar-refractivity contribution < 1.29 is 39.3 Å². The standard InChI is InChI=1S/C28H36N4O8/c1-3-16(2)24(32-25(36)20(29)13-17-7-5-4-6-8-17)27(38)30-21(15-23(34)35)26(37)31-22(28(39)40)14-18-9-11-19(33)12-10-18/h4-12,16,20-22,24,33H,3,13-15,29H2,1-2H3,(H,30,38)(H,31,37)(H,32,36)(H,34,35)(H,39,40). The lowest BCUT2D eigenvalue weighted by Gasteiger charge is -2.27. The van der Waals surface area contributed by atoms with Crippen LogP contribution >= 0.6 is 0 Å². The Kier molecular flexibility index (Phi) is 12.1. The monoisotopic (exact) mass is 556 g/mol. The molecule has 0 aliphatic rings. The lowest BCUT2D eigenvalue weighted by molar-refractivity contribution is -0.143. The van der Waals surface area contributed by atoms with Crippen molar-refractivity contribution in [2.45, 2.75) is 63.7 Å². The van der Waals surface area contributed by atoms with Crippen LogP contribution in [-0.2, 0) is 36.8 Å². The summed E-state index contributed by atoms with van der Waals surface area (Å²) in [5, 5.41) is 35.6. The first-order valence-electron chi connectivity index (χ1n) is 12.8. The number of phenolic OH excluding ortho intramolecular Hbond substituents is 1. The van der Waals surface area contributed by atoms with Crippen LogP contribution in [0.4, 0.5) is 0 Å². The van der Waals surface area contributed by atoms with E-state index in [0.717, 1.165) is 5.56 Å². The van der Waals surface area contributed by atoms with Gasteiger partial charge in [0.25, 0.3) is 0 Å². The molecule has 2 aromatic rings. The zero-order valence-electron chi connectivity index (χ0n) is 22.4. The fourth-order valence-electron chi connectivity index (χ4n) is 3.91. The second-order valence-corrected chi connectivity index (χ2v) is 9.60. The molecule has 216 valence electrons. The van der Waals surface area contributed by atoms with Gasteiger partial charge in [0.15, 0.2) is 0 Å². The number of carbonyl (C=O) groups excluding carboxylic acids is 3. The number of benzene rings is 2. The summed E-state index contributed by atoms with van der Waals surface area (Å²) < 4.78 is 0. The van der Waals surface area contributed by atoms with Gasteiger partial charge in [0, 0.05) is 6.42 Å². The number of carboxylic acids is 2. The molecule has 0 spiro atoms. The van der Waals surface area contributed by atoms with Crippen molar-refractivity contribution in [3.63, 3.8) is 0 Å². The van der Waals surface area contributed by atoms with Crippen LogP contribution in [0.3, 0.4) is 0 Å². The van der Waals surface area contributed by atoms with E-state index in [2.05, 4.69) is 16.0 Å². The molecule has 0 saturated heterocycles. The highest BCUT2D eigenvalue weighted by Gasteiger charge is 2.33. The number of phenols is 1. The summed E-state index contributed by atoms with van der Waals surface area (Å²) in [6, 6.07) is 9.61. The highest BCUT2D eigenvalue weighted by Crippen LogP contribution is 2.13. The normalized spacial score (nSPS) is 14.6. The molecule has 8 N–H and O–H groups in total. The largest absolute Gasteiger partial charge is 0.508 e. The number of carbonyl (C=O) groups is 5. The number of carboxylic acid groups (broad SMARTS) is 2. The van der Waals surface area contributed by atoms with Crippen molar-refractivity contribution in [2.24, 2.45) is 11.7 Å². The summed E-state index contributed by atoms with van der Waals surface area (Å²) in [6.45, 7) is 3.50. The van der Waals surface area contributed by atoms with Crippen molar-refractivity contribution in [3.05, 3.63) is 65.7 Å². The summed E-state index contributed by atoms with van der Waals surface area (Å²) in [5.41, 5.74) is 7.38. The van der Waals surface area contributed by atoms with E-state index in [1.807, 2.05) is 30.3 Å². The number of amides is 3. The second kappa shape index (κ2) is 15.2. The molecule has 0 fully saturated rings. The topological polar surface area (TPSA) is 208 Å². The Labute approximate surface area is 232 Å². The van der Waals surface area contributed by atoms with Gasteiger partial charge in [0.05, 0.1) is 12.5 Å². The number of hydrogen-bond acceptors (Lipinski definition) is 7.